The molecule has 2 heterocycles. The molecule has 1 aliphatic rings. The molecule has 1 saturated heterocycles. The van der Waals surface area contributed by atoms with Gasteiger partial charge < -0.3 is 10.1 Å². The Morgan fingerprint density at radius 2 is 1.94 bits per heavy atom. The van der Waals surface area contributed by atoms with E-state index in [1.807, 2.05) is 62.4 Å². The summed E-state index contributed by atoms with van der Waals surface area (Å²) in [5.41, 5.74) is 2.44. The van der Waals surface area contributed by atoms with E-state index in [9.17, 15) is 9.59 Å². The van der Waals surface area contributed by atoms with E-state index < -0.39 is 5.25 Å². The molecule has 174 valence electrons. The molecule has 0 unspecified atom stereocenters. The van der Waals surface area contributed by atoms with Gasteiger partial charge in [-0.25, -0.2) is 4.98 Å². The molecule has 3 aromatic rings. The fourth-order valence-electron chi connectivity index (χ4n) is 3.89. The number of morpholine rings is 1. The van der Waals surface area contributed by atoms with Crippen molar-refractivity contribution in [2.24, 2.45) is 0 Å². The number of thioether (sulfide) groups is 1. The SMILES string of the molecule is Cc1cccc(NC(=O)[C@@H](C)Sc2nc3ccccc3c(=O)n2CCCN2CCOCC2)c1. The Morgan fingerprint density at radius 1 is 1.15 bits per heavy atom. The maximum absolute atomic E-state index is 13.3. The lowest BCUT2D eigenvalue weighted by atomic mass is 10.2. The second-order valence-corrected chi connectivity index (χ2v) is 9.60. The quantitative estimate of drug-likeness (QED) is 0.404. The fraction of sp³-hybridized carbons (Fsp3) is 0.400. The van der Waals surface area contributed by atoms with Crippen LogP contribution in [0.25, 0.3) is 10.9 Å². The first kappa shape index (κ1) is 23.5. The average molecular weight is 467 g/mol. The maximum Gasteiger partial charge on any atom is 0.262 e. The van der Waals surface area contributed by atoms with E-state index in [1.165, 1.54) is 11.8 Å². The molecule has 33 heavy (non-hydrogen) atoms. The lowest BCUT2D eigenvalue weighted by Gasteiger charge is -2.26. The summed E-state index contributed by atoms with van der Waals surface area (Å²) in [7, 11) is 0. The van der Waals surface area contributed by atoms with Crippen LogP contribution < -0.4 is 10.9 Å². The third kappa shape index (κ3) is 6.01. The van der Waals surface area contributed by atoms with E-state index in [1.54, 1.807) is 4.57 Å². The number of fused-ring (bicyclic) bond motifs is 1. The molecule has 2 aromatic carbocycles. The van der Waals surface area contributed by atoms with Crippen molar-refractivity contribution >= 4 is 34.3 Å². The minimum Gasteiger partial charge on any atom is -0.379 e. The number of hydrogen-bond donors (Lipinski definition) is 1. The number of benzene rings is 2. The number of aromatic nitrogens is 2. The number of nitrogens with one attached hydrogen (secondary N) is 1. The highest BCUT2D eigenvalue weighted by atomic mass is 32.2. The van der Waals surface area contributed by atoms with Crippen LogP contribution in [-0.2, 0) is 16.1 Å². The molecular weight excluding hydrogens is 436 g/mol. The standard InChI is InChI=1S/C25H30N4O3S/c1-18-7-5-8-20(17-18)26-23(30)19(2)33-25-27-22-10-4-3-9-21(22)24(31)29(25)12-6-11-28-13-15-32-16-14-28/h3-5,7-10,17,19H,6,11-16H2,1-2H3,(H,26,30)/t19-/m1/s1. The summed E-state index contributed by atoms with van der Waals surface area (Å²) in [4.78, 5) is 33.2. The van der Waals surface area contributed by atoms with Crippen LogP contribution in [-0.4, -0.2) is 58.5 Å². The highest BCUT2D eigenvalue weighted by Gasteiger charge is 2.20. The molecule has 0 saturated carbocycles. The van der Waals surface area contributed by atoms with E-state index in [0.717, 1.165) is 50.5 Å². The molecule has 0 aliphatic carbocycles. The largest absolute Gasteiger partial charge is 0.379 e. The van der Waals surface area contributed by atoms with Crippen molar-refractivity contribution in [3.63, 3.8) is 0 Å². The summed E-state index contributed by atoms with van der Waals surface area (Å²) in [6, 6.07) is 15.1. The summed E-state index contributed by atoms with van der Waals surface area (Å²) in [5.74, 6) is -0.118. The maximum atomic E-state index is 13.3. The predicted octanol–water partition coefficient (Wildman–Crippen LogP) is 3.55. The topological polar surface area (TPSA) is 76.5 Å². The van der Waals surface area contributed by atoms with Crippen LogP contribution >= 0.6 is 11.8 Å². The number of carbonyl (C=O) groups excluding carboxylic acids is 1. The number of rotatable bonds is 8. The Hall–Kier alpha value is -2.68. The fourth-order valence-corrected chi connectivity index (χ4v) is 4.83. The van der Waals surface area contributed by atoms with E-state index in [0.29, 0.717) is 22.6 Å². The van der Waals surface area contributed by atoms with Gasteiger partial charge in [0, 0.05) is 31.9 Å². The summed E-state index contributed by atoms with van der Waals surface area (Å²) in [5, 5.41) is 3.73. The van der Waals surface area contributed by atoms with Crippen molar-refractivity contribution in [2.45, 2.75) is 37.2 Å². The molecular formula is C25H30N4O3S. The third-order valence-corrected chi connectivity index (χ3v) is 6.81. The zero-order chi connectivity index (χ0) is 23.2. The zero-order valence-corrected chi connectivity index (χ0v) is 19.9. The van der Waals surface area contributed by atoms with Gasteiger partial charge in [0.15, 0.2) is 5.16 Å². The van der Waals surface area contributed by atoms with Crippen molar-refractivity contribution in [3.8, 4) is 0 Å². The first-order valence-electron chi connectivity index (χ1n) is 11.3. The summed E-state index contributed by atoms with van der Waals surface area (Å²) in [6.45, 7) is 8.64. The molecule has 1 N–H and O–H groups in total. The number of aryl methyl sites for hydroxylation is 1. The highest BCUT2D eigenvalue weighted by molar-refractivity contribution is 8.00. The summed E-state index contributed by atoms with van der Waals surface area (Å²) < 4.78 is 7.14. The lowest BCUT2D eigenvalue weighted by Crippen LogP contribution is -2.37. The first-order chi connectivity index (χ1) is 16.0. The van der Waals surface area contributed by atoms with E-state index in [-0.39, 0.29) is 11.5 Å². The number of amides is 1. The van der Waals surface area contributed by atoms with Crippen molar-refractivity contribution < 1.29 is 9.53 Å². The minimum absolute atomic E-state index is 0.0589. The molecule has 1 fully saturated rings. The van der Waals surface area contributed by atoms with Crippen molar-refractivity contribution in [3.05, 3.63) is 64.4 Å². The van der Waals surface area contributed by atoms with Gasteiger partial charge in [-0.2, -0.15) is 0 Å². The molecule has 0 bridgehead atoms. The minimum atomic E-state index is -0.413. The van der Waals surface area contributed by atoms with Gasteiger partial charge in [-0.05, 0) is 50.1 Å². The van der Waals surface area contributed by atoms with Crippen LogP contribution in [0.5, 0.6) is 0 Å². The van der Waals surface area contributed by atoms with E-state index >= 15 is 0 Å². The summed E-state index contributed by atoms with van der Waals surface area (Å²) in [6.07, 6.45) is 0.831. The van der Waals surface area contributed by atoms with Crippen molar-refractivity contribution in [1.29, 1.82) is 0 Å². The third-order valence-electron chi connectivity index (χ3n) is 5.72. The van der Waals surface area contributed by atoms with Gasteiger partial charge in [-0.1, -0.05) is 36.0 Å². The normalized spacial score (nSPS) is 15.5. The van der Waals surface area contributed by atoms with Gasteiger partial charge in [0.05, 0.1) is 29.4 Å². The van der Waals surface area contributed by atoms with Crippen LogP contribution in [0, 0.1) is 6.92 Å². The lowest BCUT2D eigenvalue weighted by molar-refractivity contribution is -0.115. The first-order valence-corrected chi connectivity index (χ1v) is 12.2. The number of anilines is 1. The van der Waals surface area contributed by atoms with Crippen LogP contribution in [0.2, 0.25) is 0 Å². The predicted molar refractivity (Wildman–Crippen MR) is 133 cm³/mol. The number of carbonyl (C=O) groups is 1. The zero-order valence-electron chi connectivity index (χ0n) is 19.1. The van der Waals surface area contributed by atoms with Gasteiger partial charge in [0.1, 0.15) is 0 Å². The Labute approximate surface area is 198 Å². The van der Waals surface area contributed by atoms with E-state index in [4.69, 9.17) is 9.72 Å². The second kappa shape index (κ2) is 11.0. The molecule has 8 heteroatoms. The Kier molecular flexibility index (Phi) is 7.80. The van der Waals surface area contributed by atoms with Crippen LogP contribution in [0.3, 0.4) is 0 Å². The highest BCUT2D eigenvalue weighted by Crippen LogP contribution is 2.24. The van der Waals surface area contributed by atoms with Gasteiger partial charge in [-0.15, -0.1) is 0 Å². The number of ether oxygens (including phenoxy) is 1. The second-order valence-electron chi connectivity index (χ2n) is 8.29. The monoisotopic (exact) mass is 466 g/mol. The molecule has 1 atom stereocenters. The molecule has 0 spiro atoms. The molecule has 0 radical (unpaired) electrons. The molecule has 4 rings (SSSR count). The van der Waals surface area contributed by atoms with Gasteiger partial charge >= 0.3 is 0 Å². The Bertz CT molecular complexity index is 1170. The molecule has 7 nitrogen and oxygen atoms in total. The van der Waals surface area contributed by atoms with Crippen molar-refractivity contribution in [1.82, 2.24) is 14.5 Å². The number of hydrogen-bond acceptors (Lipinski definition) is 6. The Balaban J connectivity index is 1.52. The van der Waals surface area contributed by atoms with Crippen LogP contribution in [0.4, 0.5) is 5.69 Å². The summed E-state index contributed by atoms with van der Waals surface area (Å²) >= 11 is 1.32. The molecule has 1 aliphatic heterocycles. The van der Waals surface area contributed by atoms with E-state index in [2.05, 4.69) is 10.2 Å². The van der Waals surface area contributed by atoms with Crippen LogP contribution in [0.1, 0.15) is 18.9 Å². The number of para-hydroxylation sites is 1. The van der Waals surface area contributed by atoms with Gasteiger partial charge in [0.25, 0.3) is 5.56 Å². The van der Waals surface area contributed by atoms with Gasteiger partial charge in [0.2, 0.25) is 5.91 Å². The van der Waals surface area contributed by atoms with Gasteiger partial charge in [-0.3, -0.25) is 19.1 Å². The number of nitrogens with zero attached hydrogens (tertiary/aromatic N) is 3. The average Bonchev–Trinajstić information content (AvgIpc) is 2.81. The smallest absolute Gasteiger partial charge is 0.262 e. The van der Waals surface area contributed by atoms with Crippen molar-refractivity contribution in [2.75, 3.05) is 38.2 Å². The molecule has 1 aromatic heterocycles. The Morgan fingerprint density at radius 3 is 2.73 bits per heavy atom. The van der Waals surface area contributed by atoms with Crippen LogP contribution in [0.15, 0.2) is 58.5 Å². The molecule has 1 amide bonds.